The molecule has 0 radical (unpaired) electrons. The van der Waals surface area contributed by atoms with Crippen molar-refractivity contribution in [3.63, 3.8) is 0 Å². The van der Waals surface area contributed by atoms with Crippen molar-refractivity contribution in [2.45, 2.75) is 37.5 Å². The van der Waals surface area contributed by atoms with Crippen molar-refractivity contribution >= 4 is 22.8 Å². The first kappa shape index (κ1) is 18.4. The highest BCUT2D eigenvalue weighted by Crippen LogP contribution is 2.30. The van der Waals surface area contributed by atoms with Gasteiger partial charge in [-0.15, -0.1) is 11.8 Å². The topological polar surface area (TPSA) is 69.8 Å². The van der Waals surface area contributed by atoms with Crippen LogP contribution in [0.3, 0.4) is 0 Å². The molecule has 7 heteroatoms. The zero-order chi connectivity index (χ0) is 19.0. The van der Waals surface area contributed by atoms with Crippen LogP contribution in [0.15, 0.2) is 38.9 Å². The maximum Gasteiger partial charge on any atom is 0.332 e. The first-order chi connectivity index (χ1) is 12.3. The van der Waals surface area contributed by atoms with Gasteiger partial charge in [0.2, 0.25) is 0 Å². The molecule has 1 aromatic carbocycles. The maximum atomic E-state index is 12.8. The van der Waals surface area contributed by atoms with Crippen LogP contribution in [0.4, 0.5) is 0 Å². The smallest absolute Gasteiger partial charge is 0.280 e. The van der Waals surface area contributed by atoms with Gasteiger partial charge in [-0.3, -0.25) is 13.9 Å². The Hall–Kier alpha value is -2.41. The Kier molecular flexibility index (Phi) is 5.00. The van der Waals surface area contributed by atoms with E-state index in [1.807, 2.05) is 31.2 Å². The molecule has 0 aliphatic heterocycles. The molecule has 0 N–H and O–H groups in total. The number of hydrogen-bond acceptors (Lipinski definition) is 5. The van der Waals surface area contributed by atoms with E-state index in [4.69, 9.17) is 4.98 Å². The van der Waals surface area contributed by atoms with Gasteiger partial charge in [0.25, 0.3) is 5.56 Å². The molecule has 26 heavy (non-hydrogen) atoms. The van der Waals surface area contributed by atoms with Crippen LogP contribution < -0.4 is 11.2 Å². The molecule has 0 aliphatic rings. The highest BCUT2D eigenvalue weighted by molar-refractivity contribution is 8.00. The number of nitrogens with zero attached hydrogens (tertiary/aromatic N) is 4. The second-order valence-corrected chi connectivity index (χ2v) is 7.84. The molecule has 0 spiro atoms. The average Bonchev–Trinajstić information content (AvgIpc) is 2.64. The molecule has 1 atom stereocenters. The molecule has 0 aliphatic carbocycles. The van der Waals surface area contributed by atoms with Gasteiger partial charge >= 0.3 is 5.69 Å². The Morgan fingerprint density at radius 2 is 1.81 bits per heavy atom. The fraction of sp³-hybridized carbons (Fsp3) is 0.368. The van der Waals surface area contributed by atoms with Crippen molar-refractivity contribution in [3.8, 4) is 11.4 Å². The molecule has 0 saturated heterocycles. The molecule has 3 rings (SSSR count). The van der Waals surface area contributed by atoms with E-state index in [1.165, 1.54) is 11.6 Å². The molecule has 0 amide bonds. The van der Waals surface area contributed by atoms with E-state index in [9.17, 15) is 9.59 Å². The van der Waals surface area contributed by atoms with Crippen LogP contribution in [0.2, 0.25) is 0 Å². The minimum atomic E-state index is -0.392. The largest absolute Gasteiger partial charge is 0.332 e. The summed E-state index contributed by atoms with van der Waals surface area (Å²) >= 11 is 1.55. The molecule has 6 nitrogen and oxygen atoms in total. The summed E-state index contributed by atoms with van der Waals surface area (Å²) in [5.74, 6) is 0.532. The van der Waals surface area contributed by atoms with E-state index in [0.29, 0.717) is 27.1 Å². The second kappa shape index (κ2) is 7.07. The fourth-order valence-electron chi connectivity index (χ4n) is 2.73. The minimum absolute atomic E-state index is 0.291. The highest BCUT2D eigenvalue weighted by atomic mass is 32.2. The van der Waals surface area contributed by atoms with Crippen molar-refractivity contribution in [1.82, 2.24) is 19.1 Å². The number of aromatic nitrogens is 4. The summed E-state index contributed by atoms with van der Waals surface area (Å²) in [7, 11) is 3.12. The summed E-state index contributed by atoms with van der Waals surface area (Å²) in [6.07, 6.45) is 0.946. The summed E-state index contributed by atoms with van der Waals surface area (Å²) in [5.41, 5.74) is 1.56. The van der Waals surface area contributed by atoms with Crippen molar-refractivity contribution in [3.05, 3.63) is 50.7 Å². The third kappa shape index (κ3) is 3.07. The van der Waals surface area contributed by atoms with Crippen molar-refractivity contribution < 1.29 is 0 Å². The lowest BCUT2D eigenvalue weighted by atomic mass is 10.1. The van der Waals surface area contributed by atoms with Gasteiger partial charge in [0, 0.05) is 24.9 Å². The van der Waals surface area contributed by atoms with E-state index in [2.05, 4.69) is 18.8 Å². The summed E-state index contributed by atoms with van der Waals surface area (Å²) < 4.78 is 2.53. The van der Waals surface area contributed by atoms with Crippen molar-refractivity contribution in [1.29, 1.82) is 0 Å². The maximum absolute atomic E-state index is 12.8. The van der Waals surface area contributed by atoms with Gasteiger partial charge in [-0.25, -0.2) is 14.8 Å². The Morgan fingerprint density at radius 1 is 1.12 bits per heavy atom. The van der Waals surface area contributed by atoms with Gasteiger partial charge in [-0.05, 0) is 18.9 Å². The monoisotopic (exact) mass is 370 g/mol. The standard InChI is InChI=1S/C19H22N4O2S/c1-6-12(3)26-17-14-16(22(4)19(25)23(5)18(14)24)20-15(21-17)13-10-8-7-9-11(13)2/h7-10,12H,6H2,1-5H3/t12-/m1/s1. The first-order valence-electron chi connectivity index (χ1n) is 8.55. The molecular weight excluding hydrogens is 348 g/mol. The van der Waals surface area contributed by atoms with Crippen LogP contribution in [0, 0.1) is 6.92 Å². The molecule has 136 valence electrons. The number of aryl methyl sites for hydroxylation is 2. The number of hydrogen-bond donors (Lipinski definition) is 0. The summed E-state index contributed by atoms with van der Waals surface area (Å²) in [6.45, 7) is 6.18. The van der Waals surface area contributed by atoms with Crippen LogP contribution in [0.1, 0.15) is 25.8 Å². The number of thioether (sulfide) groups is 1. The highest BCUT2D eigenvalue weighted by Gasteiger charge is 2.19. The molecule has 0 saturated carbocycles. The number of rotatable bonds is 4. The lowest BCUT2D eigenvalue weighted by Gasteiger charge is -2.14. The van der Waals surface area contributed by atoms with Gasteiger partial charge in [0.15, 0.2) is 11.5 Å². The van der Waals surface area contributed by atoms with Gasteiger partial charge in [-0.2, -0.15) is 0 Å². The summed E-state index contributed by atoms with van der Waals surface area (Å²) in [4.78, 5) is 34.4. The first-order valence-corrected chi connectivity index (χ1v) is 9.43. The van der Waals surface area contributed by atoms with Crippen LogP contribution in [-0.2, 0) is 14.1 Å². The van der Waals surface area contributed by atoms with Gasteiger partial charge < -0.3 is 0 Å². The SMILES string of the molecule is CC[C@@H](C)Sc1nc(-c2ccccc2C)nc2c1c(=O)n(C)c(=O)n2C. The molecular formula is C19H22N4O2S. The Morgan fingerprint density at radius 3 is 2.46 bits per heavy atom. The van der Waals surface area contributed by atoms with Crippen LogP contribution in [0.25, 0.3) is 22.4 Å². The van der Waals surface area contributed by atoms with Gasteiger partial charge in [0.1, 0.15) is 10.4 Å². The molecule has 0 bridgehead atoms. The lowest BCUT2D eigenvalue weighted by Crippen LogP contribution is -2.37. The van der Waals surface area contributed by atoms with Gasteiger partial charge in [-0.1, -0.05) is 38.1 Å². The van der Waals surface area contributed by atoms with Crippen LogP contribution in [-0.4, -0.2) is 24.4 Å². The van der Waals surface area contributed by atoms with Gasteiger partial charge in [0.05, 0.1) is 0 Å². The molecule has 0 unspecified atom stereocenters. The van der Waals surface area contributed by atoms with E-state index >= 15 is 0 Å². The quantitative estimate of drug-likeness (QED) is 0.522. The average molecular weight is 370 g/mol. The van der Waals surface area contributed by atoms with Crippen LogP contribution >= 0.6 is 11.8 Å². The molecule has 0 fully saturated rings. The predicted molar refractivity (Wildman–Crippen MR) is 106 cm³/mol. The summed E-state index contributed by atoms with van der Waals surface area (Å²) in [5, 5.41) is 1.32. The number of fused-ring (bicyclic) bond motifs is 1. The molecule has 2 heterocycles. The van der Waals surface area contributed by atoms with E-state index in [1.54, 1.807) is 18.8 Å². The lowest BCUT2D eigenvalue weighted by molar-refractivity contribution is 0.703. The fourth-order valence-corrected chi connectivity index (χ4v) is 3.72. The Labute approximate surface area is 155 Å². The minimum Gasteiger partial charge on any atom is -0.280 e. The van der Waals surface area contributed by atoms with Crippen molar-refractivity contribution in [2.75, 3.05) is 0 Å². The molecule has 2 aromatic heterocycles. The van der Waals surface area contributed by atoms with Crippen molar-refractivity contribution in [2.24, 2.45) is 14.1 Å². The Bertz CT molecular complexity index is 1100. The zero-order valence-corrected chi connectivity index (χ0v) is 16.4. The normalized spacial score (nSPS) is 12.5. The third-order valence-electron chi connectivity index (χ3n) is 4.54. The second-order valence-electron chi connectivity index (χ2n) is 6.41. The van der Waals surface area contributed by atoms with E-state index in [0.717, 1.165) is 22.1 Å². The summed E-state index contributed by atoms with van der Waals surface area (Å²) in [6, 6.07) is 7.83. The van der Waals surface area contributed by atoms with E-state index in [-0.39, 0.29) is 5.56 Å². The number of benzene rings is 1. The van der Waals surface area contributed by atoms with Crippen LogP contribution in [0.5, 0.6) is 0 Å². The van der Waals surface area contributed by atoms with E-state index < -0.39 is 5.69 Å². The molecule has 3 aromatic rings. The predicted octanol–water partition coefficient (Wildman–Crippen LogP) is 2.89. The Balaban J connectivity index is 2.42. The third-order valence-corrected chi connectivity index (χ3v) is 5.79. The zero-order valence-electron chi connectivity index (χ0n) is 15.6.